The van der Waals surface area contributed by atoms with Crippen LogP contribution < -0.4 is 11.2 Å². The first-order valence-corrected chi connectivity index (χ1v) is 8.25. The zero-order valence-corrected chi connectivity index (χ0v) is 13.6. The summed E-state index contributed by atoms with van der Waals surface area (Å²) >= 11 is 1.38. The van der Waals surface area contributed by atoms with E-state index in [0.29, 0.717) is 29.7 Å². The Labute approximate surface area is 142 Å². The molecule has 3 rings (SSSR count). The number of nitrogens with two attached hydrogens (primary N) is 1. The zero-order valence-electron chi connectivity index (χ0n) is 12.8. The maximum Gasteiger partial charge on any atom is 0.221 e. The van der Waals surface area contributed by atoms with Gasteiger partial charge >= 0.3 is 0 Å². The van der Waals surface area contributed by atoms with Gasteiger partial charge in [-0.1, -0.05) is 11.8 Å². The van der Waals surface area contributed by atoms with Crippen LogP contribution in [0.3, 0.4) is 0 Å². The first kappa shape index (κ1) is 16.1. The summed E-state index contributed by atoms with van der Waals surface area (Å²) in [6.07, 6.45) is 5.26. The highest BCUT2D eigenvalue weighted by Gasteiger charge is 2.12. The number of nitrogens with zero attached hydrogens (tertiary/aromatic N) is 4. The Bertz CT molecular complexity index is 788. The molecule has 0 bridgehead atoms. The van der Waals surface area contributed by atoms with E-state index < -0.39 is 0 Å². The van der Waals surface area contributed by atoms with Crippen LogP contribution in [0.5, 0.6) is 0 Å². The molecule has 3 aromatic rings. The van der Waals surface area contributed by atoms with Gasteiger partial charge < -0.3 is 15.6 Å². The normalized spacial score (nSPS) is 10.7. The summed E-state index contributed by atoms with van der Waals surface area (Å²) in [7, 11) is 0. The van der Waals surface area contributed by atoms with Crippen molar-refractivity contribution in [2.24, 2.45) is 0 Å². The molecule has 3 aromatic heterocycles. The summed E-state index contributed by atoms with van der Waals surface area (Å²) in [6, 6.07) is 7.21. The molecule has 24 heavy (non-hydrogen) atoms. The number of rotatable bonds is 7. The van der Waals surface area contributed by atoms with E-state index in [4.69, 9.17) is 10.3 Å². The minimum absolute atomic E-state index is 0.0589. The van der Waals surface area contributed by atoms with Gasteiger partial charge in [0, 0.05) is 30.1 Å². The molecule has 3 N–H and O–H groups in total. The Morgan fingerprint density at radius 2 is 2.12 bits per heavy atom. The average molecular weight is 344 g/mol. The van der Waals surface area contributed by atoms with Crippen LogP contribution in [0.25, 0.3) is 11.4 Å². The van der Waals surface area contributed by atoms with Crippen molar-refractivity contribution in [3.05, 3.63) is 48.7 Å². The zero-order chi connectivity index (χ0) is 16.8. The second-order valence-electron chi connectivity index (χ2n) is 4.87. The number of carbonyl (C=O) groups excluding carboxylic acids is 1. The number of amides is 1. The Kier molecular flexibility index (Phi) is 5.12. The molecule has 0 unspecified atom stereocenters. The maximum atomic E-state index is 11.8. The molecule has 9 heteroatoms. The van der Waals surface area contributed by atoms with Crippen LogP contribution in [0, 0.1) is 0 Å². The van der Waals surface area contributed by atoms with Crippen LogP contribution in [0.1, 0.15) is 12.2 Å². The molecular formula is C15H16N6O2S. The molecule has 0 saturated heterocycles. The molecule has 3 heterocycles. The van der Waals surface area contributed by atoms with E-state index in [1.165, 1.54) is 16.4 Å². The molecular weight excluding hydrogens is 328 g/mol. The molecule has 0 spiro atoms. The predicted octanol–water partition coefficient (Wildman–Crippen LogP) is 1.45. The third-order valence-electron chi connectivity index (χ3n) is 3.20. The van der Waals surface area contributed by atoms with Gasteiger partial charge in [-0.25, -0.2) is 4.68 Å². The number of nitrogen functional groups attached to an aromatic ring is 1. The van der Waals surface area contributed by atoms with Gasteiger partial charge in [0.15, 0.2) is 5.82 Å². The second-order valence-corrected chi connectivity index (χ2v) is 5.93. The minimum Gasteiger partial charge on any atom is -0.467 e. The molecule has 124 valence electrons. The highest BCUT2D eigenvalue weighted by molar-refractivity contribution is 7.99. The minimum atomic E-state index is -0.0589. The van der Waals surface area contributed by atoms with Gasteiger partial charge in [-0.3, -0.25) is 9.78 Å². The third-order valence-corrected chi connectivity index (χ3v) is 4.15. The van der Waals surface area contributed by atoms with E-state index >= 15 is 0 Å². The highest BCUT2D eigenvalue weighted by Crippen LogP contribution is 2.21. The van der Waals surface area contributed by atoms with Crippen LogP contribution in [0.4, 0.5) is 0 Å². The van der Waals surface area contributed by atoms with Gasteiger partial charge in [0.1, 0.15) is 5.76 Å². The lowest BCUT2D eigenvalue weighted by Crippen LogP contribution is -2.22. The second kappa shape index (κ2) is 7.64. The van der Waals surface area contributed by atoms with E-state index in [1.54, 1.807) is 24.7 Å². The highest BCUT2D eigenvalue weighted by atomic mass is 32.2. The fraction of sp³-hybridized carbons (Fsp3) is 0.200. The molecule has 0 radical (unpaired) electrons. The third kappa shape index (κ3) is 3.93. The Hall–Kier alpha value is -2.81. The lowest BCUT2D eigenvalue weighted by Gasteiger charge is -2.04. The number of hydrogen-bond acceptors (Lipinski definition) is 7. The first-order valence-electron chi connectivity index (χ1n) is 7.27. The van der Waals surface area contributed by atoms with Crippen molar-refractivity contribution in [1.82, 2.24) is 25.2 Å². The number of pyridine rings is 1. The van der Waals surface area contributed by atoms with Gasteiger partial charge in [-0.05, 0) is 24.3 Å². The van der Waals surface area contributed by atoms with Crippen molar-refractivity contribution in [2.75, 3.05) is 11.6 Å². The molecule has 0 aliphatic heterocycles. The van der Waals surface area contributed by atoms with Gasteiger partial charge in [0.25, 0.3) is 0 Å². The van der Waals surface area contributed by atoms with E-state index in [-0.39, 0.29) is 5.91 Å². The van der Waals surface area contributed by atoms with Crippen molar-refractivity contribution in [3.63, 3.8) is 0 Å². The number of thioether (sulfide) groups is 1. The fourth-order valence-corrected chi connectivity index (χ4v) is 2.79. The molecule has 1 amide bonds. The van der Waals surface area contributed by atoms with E-state index in [2.05, 4.69) is 20.5 Å². The van der Waals surface area contributed by atoms with Crippen molar-refractivity contribution >= 4 is 17.7 Å². The topological polar surface area (TPSA) is 112 Å². The monoisotopic (exact) mass is 344 g/mol. The van der Waals surface area contributed by atoms with Crippen molar-refractivity contribution < 1.29 is 9.21 Å². The van der Waals surface area contributed by atoms with Gasteiger partial charge in [0.2, 0.25) is 11.1 Å². The Morgan fingerprint density at radius 3 is 2.88 bits per heavy atom. The number of hydrogen-bond donors (Lipinski definition) is 2. The quantitative estimate of drug-likeness (QED) is 0.493. The predicted molar refractivity (Wildman–Crippen MR) is 89.3 cm³/mol. The molecule has 0 aliphatic carbocycles. The van der Waals surface area contributed by atoms with Crippen LogP contribution in [0.15, 0.2) is 52.5 Å². The summed E-state index contributed by atoms with van der Waals surface area (Å²) < 4.78 is 6.57. The van der Waals surface area contributed by atoms with E-state index in [0.717, 1.165) is 11.3 Å². The molecule has 0 fully saturated rings. The SMILES string of the molecule is Nn1c(SCCC(=O)NCc2ccco2)nnc1-c1ccncc1. The fourth-order valence-electron chi connectivity index (χ4n) is 2.00. The number of nitrogens with one attached hydrogen (secondary N) is 1. The van der Waals surface area contributed by atoms with Crippen LogP contribution in [0.2, 0.25) is 0 Å². The maximum absolute atomic E-state index is 11.8. The summed E-state index contributed by atoms with van der Waals surface area (Å²) in [5.74, 6) is 7.78. The van der Waals surface area contributed by atoms with Crippen molar-refractivity contribution in [3.8, 4) is 11.4 Å². The molecule has 0 aliphatic rings. The number of carbonyl (C=O) groups is 1. The van der Waals surface area contributed by atoms with Crippen LogP contribution >= 0.6 is 11.8 Å². The van der Waals surface area contributed by atoms with E-state index in [9.17, 15) is 4.79 Å². The van der Waals surface area contributed by atoms with Crippen molar-refractivity contribution in [2.45, 2.75) is 18.1 Å². The van der Waals surface area contributed by atoms with Gasteiger partial charge in [-0.2, -0.15) is 0 Å². The molecule has 0 atom stereocenters. The Morgan fingerprint density at radius 1 is 1.29 bits per heavy atom. The number of aromatic nitrogens is 4. The summed E-state index contributed by atoms with van der Waals surface area (Å²) in [4.78, 5) is 15.8. The van der Waals surface area contributed by atoms with E-state index in [1.807, 2.05) is 18.2 Å². The molecule has 0 aromatic carbocycles. The summed E-state index contributed by atoms with van der Waals surface area (Å²) in [5, 5.41) is 11.5. The van der Waals surface area contributed by atoms with Crippen molar-refractivity contribution in [1.29, 1.82) is 0 Å². The number of furan rings is 1. The van der Waals surface area contributed by atoms with Gasteiger partial charge in [0.05, 0.1) is 12.8 Å². The van der Waals surface area contributed by atoms with Gasteiger partial charge in [-0.15, -0.1) is 10.2 Å². The average Bonchev–Trinajstić information content (AvgIpc) is 3.24. The lowest BCUT2D eigenvalue weighted by atomic mass is 10.2. The Balaban J connectivity index is 1.48. The lowest BCUT2D eigenvalue weighted by molar-refractivity contribution is -0.120. The smallest absolute Gasteiger partial charge is 0.221 e. The first-order chi connectivity index (χ1) is 11.7. The summed E-state index contributed by atoms with van der Waals surface area (Å²) in [6.45, 7) is 0.385. The van der Waals surface area contributed by atoms with Crippen LogP contribution in [-0.4, -0.2) is 31.5 Å². The molecule has 0 saturated carbocycles. The van der Waals surface area contributed by atoms with Crippen LogP contribution in [-0.2, 0) is 11.3 Å². The standard InChI is InChI=1S/C15H16N6O2S/c16-21-14(11-3-6-17-7-4-11)19-20-15(21)24-9-5-13(22)18-10-12-2-1-8-23-12/h1-4,6-8H,5,9-10,16H2,(H,18,22). The summed E-state index contributed by atoms with van der Waals surface area (Å²) in [5.41, 5.74) is 0.836. The molecule has 8 nitrogen and oxygen atoms in total. The largest absolute Gasteiger partial charge is 0.467 e.